The Bertz CT molecular complexity index is 1120. The summed E-state index contributed by atoms with van der Waals surface area (Å²) >= 11 is 0. The molecule has 3 aromatic rings. The van der Waals surface area contributed by atoms with Crippen LogP contribution in [0.2, 0.25) is 0 Å². The monoisotopic (exact) mass is 448 g/mol. The highest BCUT2D eigenvalue weighted by molar-refractivity contribution is 5.94. The largest absolute Gasteiger partial charge is 0.379 e. The number of fused-ring (bicyclic) bond motifs is 1. The zero-order valence-corrected chi connectivity index (χ0v) is 18.9. The average molecular weight is 449 g/mol. The van der Waals surface area contributed by atoms with Gasteiger partial charge in [-0.25, -0.2) is 9.07 Å². The van der Waals surface area contributed by atoms with Gasteiger partial charge in [-0.3, -0.25) is 9.69 Å². The maximum atomic E-state index is 13.4. The van der Waals surface area contributed by atoms with Crippen molar-refractivity contribution < 1.29 is 13.9 Å². The van der Waals surface area contributed by atoms with Gasteiger partial charge in [0.25, 0.3) is 5.91 Å². The topological polar surface area (TPSA) is 59.4 Å². The highest BCUT2D eigenvalue weighted by Crippen LogP contribution is 2.28. The van der Waals surface area contributed by atoms with Crippen LogP contribution in [0.15, 0.2) is 48.5 Å². The summed E-state index contributed by atoms with van der Waals surface area (Å²) in [5, 5.41) is 7.81. The average Bonchev–Trinajstić information content (AvgIpc) is 3.45. The van der Waals surface area contributed by atoms with Crippen molar-refractivity contribution in [3.05, 3.63) is 82.4 Å². The maximum absolute atomic E-state index is 13.4. The molecule has 6 nitrogen and oxygen atoms in total. The van der Waals surface area contributed by atoms with E-state index < -0.39 is 0 Å². The number of carbonyl (C=O) groups is 1. The molecule has 1 atom stereocenters. The number of carbonyl (C=O) groups excluding carboxylic acids is 1. The van der Waals surface area contributed by atoms with Crippen LogP contribution in [0.4, 0.5) is 4.39 Å². The van der Waals surface area contributed by atoms with E-state index in [-0.39, 0.29) is 17.8 Å². The van der Waals surface area contributed by atoms with Crippen molar-refractivity contribution in [1.29, 1.82) is 0 Å². The second-order valence-corrected chi connectivity index (χ2v) is 8.80. The second kappa shape index (κ2) is 9.45. The van der Waals surface area contributed by atoms with E-state index in [4.69, 9.17) is 4.74 Å². The molecule has 172 valence electrons. The number of nitrogens with zero attached hydrogens (tertiary/aromatic N) is 3. The van der Waals surface area contributed by atoms with Crippen molar-refractivity contribution in [3.8, 4) is 5.69 Å². The van der Waals surface area contributed by atoms with Crippen molar-refractivity contribution in [2.45, 2.75) is 32.2 Å². The number of rotatable bonds is 6. The zero-order valence-electron chi connectivity index (χ0n) is 18.9. The normalized spacial score (nSPS) is 17.0. The van der Waals surface area contributed by atoms with Crippen LogP contribution in [0, 0.1) is 12.7 Å². The molecule has 1 aliphatic carbocycles. The number of ether oxygens (including phenoxy) is 1. The Morgan fingerprint density at radius 3 is 2.55 bits per heavy atom. The number of hydrogen-bond donors (Lipinski definition) is 1. The van der Waals surface area contributed by atoms with Gasteiger partial charge in [-0.2, -0.15) is 5.10 Å². The standard InChI is InChI=1S/C26H29FN4O2/c1-18-5-7-19(8-6-18)24(30-13-15-33-16-14-30)17-28-26(32)25-22-3-2-4-23(22)31(29-25)21-11-9-20(27)10-12-21/h5-12,24H,2-4,13-17H2,1H3,(H,28,32). The third kappa shape index (κ3) is 4.56. The van der Waals surface area contributed by atoms with Gasteiger partial charge >= 0.3 is 0 Å². The molecular formula is C26H29FN4O2. The van der Waals surface area contributed by atoms with Gasteiger partial charge in [0.1, 0.15) is 5.82 Å². The van der Waals surface area contributed by atoms with Gasteiger partial charge in [0.2, 0.25) is 0 Å². The van der Waals surface area contributed by atoms with Crippen molar-refractivity contribution in [1.82, 2.24) is 20.0 Å². The van der Waals surface area contributed by atoms with Crippen LogP contribution in [-0.4, -0.2) is 53.4 Å². The van der Waals surface area contributed by atoms with Crippen molar-refractivity contribution in [2.75, 3.05) is 32.8 Å². The van der Waals surface area contributed by atoms with E-state index in [1.54, 1.807) is 16.8 Å². The number of halogens is 1. The van der Waals surface area contributed by atoms with E-state index in [1.165, 1.54) is 23.3 Å². The number of nitrogens with one attached hydrogen (secondary N) is 1. The van der Waals surface area contributed by atoms with E-state index in [1.807, 2.05) is 0 Å². The Morgan fingerprint density at radius 1 is 1.09 bits per heavy atom. The van der Waals surface area contributed by atoms with E-state index in [0.29, 0.717) is 25.5 Å². The molecule has 1 N–H and O–H groups in total. The minimum absolute atomic E-state index is 0.0747. The molecule has 1 fully saturated rings. The molecule has 0 bridgehead atoms. The Balaban J connectivity index is 1.37. The van der Waals surface area contributed by atoms with Gasteiger partial charge in [-0.1, -0.05) is 29.8 Å². The number of amides is 1. The first kappa shape index (κ1) is 21.8. The summed E-state index contributed by atoms with van der Waals surface area (Å²) < 4.78 is 20.7. The predicted molar refractivity (Wildman–Crippen MR) is 124 cm³/mol. The minimum atomic E-state index is -0.286. The summed E-state index contributed by atoms with van der Waals surface area (Å²) in [4.78, 5) is 15.7. The van der Waals surface area contributed by atoms with Crippen molar-refractivity contribution >= 4 is 5.91 Å². The number of hydrogen-bond acceptors (Lipinski definition) is 4. The number of benzene rings is 2. The summed E-state index contributed by atoms with van der Waals surface area (Å²) in [7, 11) is 0. The highest BCUT2D eigenvalue weighted by Gasteiger charge is 2.28. The number of aromatic nitrogens is 2. The van der Waals surface area contributed by atoms with Gasteiger partial charge in [0.15, 0.2) is 5.69 Å². The van der Waals surface area contributed by atoms with Gasteiger partial charge in [-0.05, 0) is 56.0 Å². The molecule has 0 saturated carbocycles. The lowest BCUT2D eigenvalue weighted by molar-refractivity contribution is 0.0162. The molecule has 33 heavy (non-hydrogen) atoms. The molecule has 7 heteroatoms. The molecule has 2 aliphatic rings. The lowest BCUT2D eigenvalue weighted by atomic mass is 10.0. The third-order valence-electron chi connectivity index (χ3n) is 6.62. The van der Waals surface area contributed by atoms with Crippen LogP contribution in [0.1, 0.15) is 45.3 Å². The fourth-order valence-electron chi connectivity index (χ4n) is 4.82. The molecular weight excluding hydrogens is 419 g/mol. The molecule has 1 amide bonds. The van der Waals surface area contributed by atoms with Crippen LogP contribution in [0.3, 0.4) is 0 Å². The lowest BCUT2D eigenvalue weighted by Gasteiger charge is -2.35. The van der Waals surface area contributed by atoms with Crippen molar-refractivity contribution in [2.24, 2.45) is 0 Å². The summed E-state index contributed by atoms with van der Waals surface area (Å²) in [5.41, 5.74) is 5.72. The van der Waals surface area contributed by atoms with E-state index in [9.17, 15) is 9.18 Å². The fourth-order valence-corrected chi connectivity index (χ4v) is 4.82. The molecule has 0 radical (unpaired) electrons. The molecule has 2 heterocycles. The number of morpholine rings is 1. The van der Waals surface area contributed by atoms with Crippen LogP contribution in [0.5, 0.6) is 0 Å². The summed E-state index contributed by atoms with van der Waals surface area (Å²) in [6.45, 7) is 5.65. The fraction of sp³-hybridized carbons (Fsp3) is 0.385. The van der Waals surface area contributed by atoms with E-state index in [0.717, 1.165) is 49.3 Å². The molecule has 1 aliphatic heterocycles. The molecule has 1 aromatic heterocycles. The van der Waals surface area contributed by atoms with E-state index >= 15 is 0 Å². The molecule has 2 aromatic carbocycles. The van der Waals surface area contributed by atoms with Gasteiger partial charge < -0.3 is 10.1 Å². The zero-order chi connectivity index (χ0) is 22.8. The predicted octanol–water partition coefficient (Wildman–Crippen LogP) is 3.61. The highest BCUT2D eigenvalue weighted by atomic mass is 19.1. The SMILES string of the molecule is Cc1ccc(C(CNC(=O)c2nn(-c3ccc(F)cc3)c3c2CCC3)N2CCOCC2)cc1. The Labute approximate surface area is 193 Å². The molecule has 1 unspecified atom stereocenters. The van der Waals surface area contributed by atoms with Gasteiger partial charge in [0.05, 0.1) is 24.9 Å². The summed E-state index contributed by atoms with van der Waals surface area (Å²) in [6, 6.07) is 14.8. The Morgan fingerprint density at radius 2 is 1.82 bits per heavy atom. The van der Waals surface area contributed by atoms with Crippen LogP contribution in [-0.2, 0) is 17.6 Å². The second-order valence-electron chi connectivity index (χ2n) is 8.80. The van der Waals surface area contributed by atoms with Gasteiger partial charge in [0, 0.05) is 30.9 Å². The van der Waals surface area contributed by atoms with Crippen LogP contribution in [0.25, 0.3) is 5.69 Å². The molecule has 5 rings (SSSR count). The minimum Gasteiger partial charge on any atom is -0.379 e. The quantitative estimate of drug-likeness (QED) is 0.626. The maximum Gasteiger partial charge on any atom is 0.272 e. The Kier molecular flexibility index (Phi) is 6.24. The van der Waals surface area contributed by atoms with Crippen LogP contribution < -0.4 is 5.32 Å². The molecule has 0 spiro atoms. The first-order valence-corrected chi connectivity index (χ1v) is 11.6. The lowest BCUT2D eigenvalue weighted by Crippen LogP contribution is -2.44. The molecule has 1 saturated heterocycles. The first-order chi connectivity index (χ1) is 16.1. The van der Waals surface area contributed by atoms with E-state index in [2.05, 4.69) is 46.5 Å². The summed E-state index contributed by atoms with van der Waals surface area (Å²) in [5.74, 6) is -0.440. The van der Waals surface area contributed by atoms with Crippen LogP contribution >= 0.6 is 0 Å². The first-order valence-electron chi connectivity index (χ1n) is 11.6. The Hall–Kier alpha value is -3.03. The summed E-state index contributed by atoms with van der Waals surface area (Å²) in [6.07, 6.45) is 2.70. The van der Waals surface area contributed by atoms with Crippen molar-refractivity contribution in [3.63, 3.8) is 0 Å². The number of aryl methyl sites for hydroxylation is 1. The van der Waals surface area contributed by atoms with Gasteiger partial charge in [-0.15, -0.1) is 0 Å². The smallest absolute Gasteiger partial charge is 0.272 e. The third-order valence-corrected chi connectivity index (χ3v) is 6.62.